The zero-order valence-corrected chi connectivity index (χ0v) is 19.0. The molecule has 0 spiro atoms. The quantitative estimate of drug-likeness (QED) is 0.675. The second kappa shape index (κ2) is 8.46. The first-order valence-corrected chi connectivity index (χ1v) is 11.5. The van der Waals surface area contributed by atoms with Crippen molar-refractivity contribution in [3.63, 3.8) is 0 Å². The molecule has 1 N–H and O–H groups in total. The van der Waals surface area contributed by atoms with E-state index in [-0.39, 0.29) is 37.2 Å². The summed E-state index contributed by atoms with van der Waals surface area (Å²) in [5.41, 5.74) is 4.41. The lowest BCUT2D eigenvalue weighted by Crippen LogP contribution is -2.47. The number of esters is 2. The second-order valence-corrected chi connectivity index (χ2v) is 9.21. The lowest BCUT2D eigenvalue weighted by atomic mass is 9.94. The Morgan fingerprint density at radius 2 is 1.73 bits per heavy atom. The number of piperidine rings is 1. The van der Waals surface area contributed by atoms with E-state index < -0.39 is 6.10 Å². The Hall–Kier alpha value is -2.91. The van der Waals surface area contributed by atoms with E-state index in [1.54, 1.807) is 17.9 Å². The molecule has 0 aromatic heterocycles. The van der Waals surface area contributed by atoms with Crippen molar-refractivity contribution < 1.29 is 29.0 Å². The zero-order chi connectivity index (χ0) is 23.3. The molecule has 0 radical (unpaired) electrons. The number of urea groups is 1. The molecule has 176 valence electrons. The molecule has 4 aliphatic heterocycles. The molecule has 4 heterocycles. The Morgan fingerprint density at radius 3 is 2.42 bits per heavy atom. The fourth-order valence-corrected chi connectivity index (χ4v) is 5.38. The van der Waals surface area contributed by atoms with Gasteiger partial charge in [0.2, 0.25) is 0 Å². The van der Waals surface area contributed by atoms with Gasteiger partial charge in [0.1, 0.15) is 13.2 Å². The number of hydrogen-bond acceptors (Lipinski definition) is 7. The summed E-state index contributed by atoms with van der Waals surface area (Å²) in [6.07, 6.45) is 1.03. The summed E-state index contributed by atoms with van der Waals surface area (Å²) < 4.78 is 10.2. The summed E-state index contributed by atoms with van der Waals surface area (Å²) in [6.45, 7) is 7.38. The van der Waals surface area contributed by atoms with Crippen LogP contribution < -0.4 is 0 Å². The van der Waals surface area contributed by atoms with Gasteiger partial charge in [-0.05, 0) is 43.9 Å². The van der Waals surface area contributed by atoms with Crippen LogP contribution in [0.25, 0.3) is 0 Å². The van der Waals surface area contributed by atoms with Gasteiger partial charge in [-0.3, -0.25) is 4.90 Å². The number of fused-ring (bicyclic) bond motifs is 1. The Labute approximate surface area is 192 Å². The van der Waals surface area contributed by atoms with Crippen LogP contribution in [0.4, 0.5) is 4.79 Å². The van der Waals surface area contributed by atoms with Crippen LogP contribution in [-0.4, -0.2) is 83.1 Å². The predicted molar refractivity (Wildman–Crippen MR) is 117 cm³/mol. The molecule has 2 saturated heterocycles. The van der Waals surface area contributed by atoms with Crippen LogP contribution in [0.15, 0.2) is 23.4 Å². The first-order chi connectivity index (χ1) is 15.8. The average molecular weight is 456 g/mol. The molecule has 9 nitrogen and oxygen atoms in total. The summed E-state index contributed by atoms with van der Waals surface area (Å²) >= 11 is 0. The van der Waals surface area contributed by atoms with Crippen molar-refractivity contribution in [3.05, 3.63) is 45.7 Å². The predicted octanol–water partition coefficient (Wildman–Crippen LogP) is 1.73. The van der Waals surface area contributed by atoms with Crippen LogP contribution >= 0.6 is 0 Å². The number of carbonyl (C=O) groups excluding carboxylic acids is 3. The number of ether oxygens (including phenoxy) is 2. The Balaban J connectivity index is 1.17. The number of aliphatic hydroxyl groups is 1. The number of rotatable bonds is 5. The van der Waals surface area contributed by atoms with Gasteiger partial charge in [0.25, 0.3) is 0 Å². The van der Waals surface area contributed by atoms with Crippen LogP contribution in [0.5, 0.6) is 0 Å². The molecule has 1 aromatic carbocycles. The maximum absolute atomic E-state index is 13.0. The number of hydrogen-bond donors (Lipinski definition) is 1. The van der Waals surface area contributed by atoms with Crippen LogP contribution in [-0.2, 0) is 20.9 Å². The summed E-state index contributed by atoms with van der Waals surface area (Å²) in [4.78, 5) is 42.3. The Morgan fingerprint density at radius 1 is 1.00 bits per heavy atom. The number of aliphatic hydroxyl groups excluding tert-OH is 1. The first-order valence-electron chi connectivity index (χ1n) is 11.5. The van der Waals surface area contributed by atoms with Crippen LogP contribution in [0.2, 0.25) is 0 Å². The molecule has 0 saturated carbocycles. The smallest absolute Gasteiger partial charge is 0.338 e. The highest BCUT2D eigenvalue weighted by Crippen LogP contribution is 2.31. The number of nitrogens with zero attached hydrogens (tertiary/aromatic N) is 3. The SMILES string of the molecule is CC1=C(N2CCN(C3CCN(CC(O)c4ccc5c(c4C)COC5=O)CC3)C2=O)COC1=O. The molecule has 9 heteroatoms. The molecule has 1 atom stereocenters. The van der Waals surface area contributed by atoms with Crippen molar-refractivity contribution >= 4 is 18.0 Å². The maximum atomic E-state index is 13.0. The monoisotopic (exact) mass is 455 g/mol. The molecule has 1 aromatic rings. The van der Waals surface area contributed by atoms with Gasteiger partial charge in [0.05, 0.1) is 22.9 Å². The maximum Gasteiger partial charge on any atom is 0.338 e. The van der Waals surface area contributed by atoms with Crippen LogP contribution in [0, 0.1) is 6.92 Å². The summed E-state index contributed by atoms with van der Waals surface area (Å²) in [7, 11) is 0. The summed E-state index contributed by atoms with van der Waals surface area (Å²) in [5.74, 6) is -0.648. The fraction of sp³-hybridized carbons (Fsp3) is 0.542. The standard InChI is InChI=1S/C24H29N3O6/c1-14-17(3-4-18-19(14)12-32-23(18)30)21(28)11-25-7-5-16(6-8-25)26-9-10-27(24(26)31)20-13-33-22(29)15(20)2/h3-4,16,21,28H,5-13H2,1-2H3. The van der Waals surface area contributed by atoms with Crippen molar-refractivity contribution in [2.24, 2.45) is 0 Å². The summed E-state index contributed by atoms with van der Waals surface area (Å²) in [6, 6.07) is 3.67. The van der Waals surface area contributed by atoms with Gasteiger partial charge in [0, 0.05) is 44.3 Å². The number of carbonyl (C=O) groups is 3. The average Bonchev–Trinajstić information content (AvgIpc) is 3.47. The topological polar surface area (TPSA) is 99.6 Å². The third kappa shape index (κ3) is 3.79. The van der Waals surface area contributed by atoms with Gasteiger partial charge in [-0.25, -0.2) is 14.4 Å². The van der Waals surface area contributed by atoms with E-state index in [0.717, 1.165) is 42.6 Å². The minimum absolute atomic E-state index is 0.0494. The molecule has 0 aliphatic carbocycles. The van der Waals surface area contributed by atoms with Gasteiger partial charge in [-0.2, -0.15) is 0 Å². The number of amides is 2. The minimum atomic E-state index is -0.652. The highest BCUT2D eigenvalue weighted by Gasteiger charge is 2.39. The third-order valence-corrected chi connectivity index (χ3v) is 7.44. The third-order valence-electron chi connectivity index (χ3n) is 7.44. The molecular weight excluding hydrogens is 426 g/mol. The van der Waals surface area contributed by atoms with E-state index >= 15 is 0 Å². The molecule has 1 unspecified atom stereocenters. The highest BCUT2D eigenvalue weighted by molar-refractivity contribution is 5.94. The van der Waals surface area contributed by atoms with E-state index in [2.05, 4.69) is 4.90 Å². The molecular formula is C24H29N3O6. The van der Waals surface area contributed by atoms with Gasteiger partial charge in [-0.15, -0.1) is 0 Å². The van der Waals surface area contributed by atoms with Crippen LogP contribution in [0.1, 0.15) is 52.9 Å². The Bertz CT molecular complexity index is 1040. The van der Waals surface area contributed by atoms with Crippen molar-refractivity contribution in [2.75, 3.05) is 39.3 Å². The van der Waals surface area contributed by atoms with E-state index in [1.165, 1.54) is 0 Å². The molecule has 2 amide bonds. The van der Waals surface area contributed by atoms with Gasteiger partial charge in [0.15, 0.2) is 0 Å². The molecule has 2 fully saturated rings. The van der Waals surface area contributed by atoms with E-state index in [0.29, 0.717) is 36.5 Å². The number of likely N-dealkylation sites (tertiary alicyclic amines) is 1. The van der Waals surface area contributed by atoms with Crippen LogP contribution in [0.3, 0.4) is 0 Å². The largest absolute Gasteiger partial charge is 0.457 e. The molecule has 0 bridgehead atoms. The van der Waals surface area contributed by atoms with Crippen molar-refractivity contribution in [2.45, 2.75) is 45.4 Å². The number of β-amino-alcohol motifs (C(OH)–C–C–N with tert-alkyl or cyclic N) is 1. The number of benzene rings is 1. The molecule has 5 rings (SSSR count). The van der Waals surface area contributed by atoms with Crippen molar-refractivity contribution in [1.82, 2.24) is 14.7 Å². The minimum Gasteiger partial charge on any atom is -0.457 e. The molecule has 33 heavy (non-hydrogen) atoms. The van der Waals surface area contributed by atoms with Crippen molar-refractivity contribution in [1.29, 1.82) is 0 Å². The number of cyclic esters (lactones) is 2. The molecule has 4 aliphatic rings. The Kier molecular flexibility index (Phi) is 5.62. The van der Waals surface area contributed by atoms with Gasteiger partial charge < -0.3 is 24.4 Å². The second-order valence-electron chi connectivity index (χ2n) is 9.21. The zero-order valence-electron chi connectivity index (χ0n) is 19.0. The van der Waals surface area contributed by atoms with Gasteiger partial charge in [-0.1, -0.05) is 6.07 Å². The fourth-order valence-electron chi connectivity index (χ4n) is 5.38. The normalized spacial score (nSPS) is 22.8. The van der Waals surface area contributed by atoms with E-state index in [1.807, 2.05) is 17.9 Å². The van der Waals surface area contributed by atoms with Gasteiger partial charge >= 0.3 is 18.0 Å². The highest BCUT2D eigenvalue weighted by atomic mass is 16.5. The van der Waals surface area contributed by atoms with Crippen molar-refractivity contribution in [3.8, 4) is 0 Å². The first kappa shape index (κ1) is 21.9. The van der Waals surface area contributed by atoms with E-state index in [9.17, 15) is 19.5 Å². The van der Waals surface area contributed by atoms with E-state index in [4.69, 9.17) is 9.47 Å². The lowest BCUT2D eigenvalue weighted by Gasteiger charge is -2.37. The lowest BCUT2D eigenvalue weighted by molar-refractivity contribution is -0.136. The summed E-state index contributed by atoms with van der Waals surface area (Å²) in [5, 5.41) is 10.9.